The van der Waals surface area contributed by atoms with Crippen molar-refractivity contribution in [3.05, 3.63) is 36.0 Å². The van der Waals surface area contributed by atoms with E-state index in [0.717, 1.165) is 16.5 Å². The Balaban J connectivity index is 0.00000264. The maximum atomic E-state index is 11.6. The normalized spacial score (nSPS) is 11.0. The molecular formula is C15H16K2N2O5. The number of aliphatic carboxylic acids is 2. The van der Waals surface area contributed by atoms with E-state index in [9.17, 15) is 19.5 Å². The van der Waals surface area contributed by atoms with Gasteiger partial charge in [0, 0.05) is 133 Å². The second-order valence-electron chi connectivity index (χ2n) is 4.92. The first-order valence-electron chi connectivity index (χ1n) is 6.76. The summed E-state index contributed by atoms with van der Waals surface area (Å²) in [5.74, 6) is -2.85. The minimum absolute atomic E-state index is 0. The van der Waals surface area contributed by atoms with Gasteiger partial charge in [-0.3, -0.25) is 9.59 Å². The van der Waals surface area contributed by atoms with Crippen LogP contribution in [0.4, 0.5) is 0 Å². The first-order chi connectivity index (χ1) is 10.5. The molecule has 24 heavy (non-hydrogen) atoms. The van der Waals surface area contributed by atoms with Crippen molar-refractivity contribution in [3.63, 3.8) is 0 Å². The molecule has 118 valence electrons. The van der Waals surface area contributed by atoms with Gasteiger partial charge in [-0.05, 0) is 11.6 Å². The average Bonchev–Trinajstić information content (AvgIpc) is 2.87. The molecule has 2 rings (SSSR count). The van der Waals surface area contributed by atoms with Gasteiger partial charge in [0.1, 0.15) is 6.04 Å². The number of carbonyl (C=O) groups excluding carboxylic acids is 1. The second kappa shape index (κ2) is 11.9. The summed E-state index contributed by atoms with van der Waals surface area (Å²) in [6.07, 6.45) is 1.26. The molecule has 4 N–H and O–H groups in total. The van der Waals surface area contributed by atoms with Crippen molar-refractivity contribution in [1.82, 2.24) is 10.3 Å². The van der Waals surface area contributed by atoms with E-state index < -0.39 is 23.9 Å². The van der Waals surface area contributed by atoms with Crippen molar-refractivity contribution in [2.75, 3.05) is 0 Å². The molecule has 1 unspecified atom stereocenters. The number of H-pyrrole nitrogens is 1. The van der Waals surface area contributed by atoms with E-state index in [-0.39, 0.29) is 122 Å². The predicted molar refractivity (Wildman–Crippen MR) is 89.9 cm³/mol. The van der Waals surface area contributed by atoms with E-state index in [4.69, 9.17) is 5.11 Å². The number of hydrogen-bond donors (Lipinski definition) is 4. The van der Waals surface area contributed by atoms with Crippen LogP contribution in [0.15, 0.2) is 30.5 Å². The number of para-hydroxylation sites is 1. The van der Waals surface area contributed by atoms with E-state index in [1.165, 1.54) is 0 Å². The van der Waals surface area contributed by atoms with Gasteiger partial charge in [0.05, 0.1) is 6.42 Å². The van der Waals surface area contributed by atoms with Gasteiger partial charge in [-0.25, -0.2) is 4.79 Å². The third kappa shape index (κ3) is 7.36. The zero-order chi connectivity index (χ0) is 16.1. The fraction of sp³-hybridized carbons (Fsp3) is 0.267. The number of carboxylic acid groups (broad SMARTS) is 2. The summed E-state index contributed by atoms with van der Waals surface area (Å²) >= 11 is 0. The molecule has 0 aliphatic rings. The molecular weight excluding hydrogens is 366 g/mol. The van der Waals surface area contributed by atoms with Crippen LogP contribution in [0.3, 0.4) is 0 Å². The second-order valence-corrected chi connectivity index (χ2v) is 4.92. The van der Waals surface area contributed by atoms with Crippen LogP contribution in [-0.4, -0.2) is 142 Å². The van der Waals surface area contributed by atoms with Crippen LogP contribution < -0.4 is 5.32 Å². The number of fused-ring (bicyclic) bond motifs is 1. The number of benzene rings is 1. The largest absolute Gasteiger partial charge is 0.481 e. The molecule has 2 radical (unpaired) electrons. The zero-order valence-electron chi connectivity index (χ0n) is 13.7. The van der Waals surface area contributed by atoms with E-state index in [2.05, 4.69) is 10.3 Å². The number of carbonyl (C=O) groups is 3. The molecule has 1 amide bonds. The van der Waals surface area contributed by atoms with E-state index >= 15 is 0 Å². The first-order valence-corrected chi connectivity index (χ1v) is 6.76. The Hall–Kier alpha value is 0.443. The van der Waals surface area contributed by atoms with Crippen LogP contribution in [0.25, 0.3) is 10.9 Å². The number of aromatic nitrogens is 1. The van der Waals surface area contributed by atoms with E-state index in [0.29, 0.717) is 0 Å². The van der Waals surface area contributed by atoms with Crippen LogP contribution >= 0.6 is 0 Å². The predicted octanol–water partition coefficient (Wildman–Crippen LogP) is 0.383. The zero-order valence-corrected chi connectivity index (χ0v) is 20.0. The van der Waals surface area contributed by atoms with Gasteiger partial charge in [-0.2, -0.15) is 0 Å². The van der Waals surface area contributed by atoms with Gasteiger partial charge in [0.2, 0.25) is 5.91 Å². The summed E-state index contributed by atoms with van der Waals surface area (Å²) in [5.41, 5.74) is 1.67. The Bertz CT molecular complexity index is 717. The topological polar surface area (TPSA) is 119 Å². The molecule has 0 spiro atoms. The summed E-state index contributed by atoms with van der Waals surface area (Å²) in [7, 11) is 0. The summed E-state index contributed by atoms with van der Waals surface area (Å²) in [6.45, 7) is 0. The summed E-state index contributed by atoms with van der Waals surface area (Å²) in [6, 6.07) is 6.36. The van der Waals surface area contributed by atoms with Gasteiger partial charge >= 0.3 is 11.9 Å². The molecule has 2 aromatic rings. The Labute approximate surface area is 223 Å². The van der Waals surface area contributed by atoms with Crippen molar-refractivity contribution < 1.29 is 24.6 Å². The molecule has 0 aliphatic carbocycles. The Morgan fingerprint density at radius 3 is 2.38 bits per heavy atom. The maximum Gasteiger partial charge on any atom is 0.326 e. The van der Waals surface area contributed by atoms with Gasteiger partial charge < -0.3 is 20.5 Å². The van der Waals surface area contributed by atoms with Gasteiger partial charge in [0.15, 0.2) is 0 Å². The number of amides is 1. The van der Waals surface area contributed by atoms with Crippen LogP contribution in [-0.2, 0) is 20.8 Å². The minimum atomic E-state index is -1.16. The maximum absolute atomic E-state index is 11.6. The molecule has 1 aromatic heterocycles. The molecule has 1 atom stereocenters. The number of nitrogens with one attached hydrogen (secondary N) is 2. The summed E-state index contributed by atoms with van der Waals surface area (Å²) < 4.78 is 0. The first kappa shape index (κ1) is 24.4. The minimum Gasteiger partial charge on any atom is -0.481 e. The molecule has 0 saturated carbocycles. The van der Waals surface area contributed by atoms with E-state index in [1.54, 1.807) is 6.20 Å². The Kier molecular flexibility index (Phi) is 12.2. The molecule has 0 fully saturated rings. The summed E-state index contributed by atoms with van der Waals surface area (Å²) in [4.78, 5) is 36.4. The smallest absolute Gasteiger partial charge is 0.326 e. The Morgan fingerprint density at radius 1 is 1.08 bits per heavy atom. The van der Waals surface area contributed by atoms with E-state index in [1.807, 2.05) is 24.3 Å². The van der Waals surface area contributed by atoms with Gasteiger partial charge in [-0.1, -0.05) is 18.2 Å². The monoisotopic (exact) mass is 382 g/mol. The fourth-order valence-electron chi connectivity index (χ4n) is 2.21. The molecule has 0 aliphatic heterocycles. The van der Waals surface area contributed by atoms with Crippen molar-refractivity contribution >= 4 is 132 Å². The van der Waals surface area contributed by atoms with Crippen molar-refractivity contribution in [1.29, 1.82) is 0 Å². The SMILES string of the molecule is O=C(O)CCC(=O)NC(Cc1c[nH]c2ccccc12)C(=O)O.[K].[K]. The molecule has 1 heterocycles. The number of carboxylic acids is 2. The van der Waals surface area contributed by atoms with Crippen LogP contribution in [0, 0.1) is 0 Å². The van der Waals surface area contributed by atoms with Crippen LogP contribution in [0.2, 0.25) is 0 Å². The molecule has 7 nitrogen and oxygen atoms in total. The molecule has 1 aromatic carbocycles. The number of aromatic amines is 1. The third-order valence-corrected chi connectivity index (χ3v) is 3.30. The molecule has 0 saturated heterocycles. The molecule has 9 heteroatoms. The van der Waals surface area contributed by atoms with Gasteiger partial charge in [-0.15, -0.1) is 0 Å². The fourth-order valence-corrected chi connectivity index (χ4v) is 2.21. The summed E-state index contributed by atoms with van der Waals surface area (Å²) in [5, 5.41) is 21.0. The van der Waals surface area contributed by atoms with Crippen molar-refractivity contribution in [3.8, 4) is 0 Å². The average molecular weight is 382 g/mol. The van der Waals surface area contributed by atoms with Crippen LogP contribution in [0.1, 0.15) is 18.4 Å². The number of hydrogen-bond acceptors (Lipinski definition) is 3. The van der Waals surface area contributed by atoms with Gasteiger partial charge in [0.25, 0.3) is 0 Å². The standard InChI is InChI=1S/C15H16N2O5.2K/c18-13(5-6-14(19)20)17-12(15(21)22)7-9-8-16-11-4-2-1-3-10(9)11;;/h1-4,8,12,16H,5-7H2,(H,17,18)(H,19,20)(H,21,22);;. The van der Waals surface area contributed by atoms with Crippen molar-refractivity contribution in [2.45, 2.75) is 25.3 Å². The number of rotatable bonds is 7. The third-order valence-electron chi connectivity index (χ3n) is 3.30. The Morgan fingerprint density at radius 2 is 1.75 bits per heavy atom. The molecule has 0 bridgehead atoms. The quantitative estimate of drug-likeness (QED) is 0.516. The van der Waals surface area contributed by atoms with Crippen LogP contribution in [0.5, 0.6) is 0 Å². The van der Waals surface area contributed by atoms with Crippen molar-refractivity contribution in [2.24, 2.45) is 0 Å².